The molecule has 0 saturated heterocycles. The first kappa shape index (κ1) is 12.7. The maximum absolute atomic E-state index is 5.94. The van der Waals surface area contributed by atoms with Gasteiger partial charge in [0.25, 0.3) is 0 Å². The second-order valence-electron chi connectivity index (χ2n) is 5.48. The molecular formula is C14H21ClN2. The smallest absolute Gasteiger partial charge is 0.132 e. The van der Waals surface area contributed by atoms with E-state index in [9.17, 15) is 0 Å². The molecule has 2 nitrogen and oxygen atoms in total. The Morgan fingerprint density at radius 2 is 2.12 bits per heavy atom. The minimum Gasteiger partial charge on any atom is -0.381 e. The summed E-state index contributed by atoms with van der Waals surface area (Å²) in [6.45, 7) is 6.67. The topological polar surface area (TPSA) is 24.9 Å². The number of pyridine rings is 1. The molecule has 0 aromatic carbocycles. The Balaban J connectivity index is 2.06. The fourth-order valence-corrected chi connectivity index (χ4v) is 2.69. The molecule has 1 aliphatic rings. The van der Waals surface area contributed by atoms with Gasteiger partial charge in [0.1, 0.15) is 5.15 Å². The molecule has 94 valence electrons. The summed E-state index contributed by atoms with van der Waals surface area (Å²) in [5.74, 6) is 1.56. The quantitative estimate of drug-likeness (QED) is 0.795. The zero-order valence-corrected chi connectivity index (χ0v) is 11.6. The number of aromatic nitrogens is 1. The monoisotopic (exact) mass is 252 g/mol. The standard InChI is InChI=1S/C14H21ClN2/c1-9-4-5-10(2)13(6-9)17-12-7-11(3)14(15)16-8-12/h7-10,13,17H,4-6H2,1-3H3. The van der Waals surface area contributed by atoms with Crippen LogP contribution < -0.4 is 5.32 Å². The van der Waals surface area contributed by atoms with Gasteiger partial charge in [0, 0.05) is 6.04 Å². The van der Waals surface area contributed by atoms with Crippen molar-refractivity contribution in [2.24, 2.45) is 11.8 Å². The maximum atomic E-state index is 5.94. The van der Waals surface area contributed by atoms with Crippen molar-refractivity contribution in [3.63, 3.8) is 0 Å². The Labute approximate surface area is 109 Å². The molecule has 3 unspecified atom stereocenters. The zero-order valence-electron chi connectivity index (χ0n) is 10.8. The lowest BCUT2D eigenvalue weighted by Crippen LogP contribution is -2.33. The number of anilines is 1. The predicted octanol–water partition coefficient (Wildman–Crippen LogP) is 4.28. The normalized spacial score (nSPS) is 29.1. The highest BCUT2D eigenvalue weighted by atomic mass is 35.5. The highest BCUT2D eigenvalue weighted by molar-refractivity contribution is 6.30. The van der Waals surface area contributed by atoms with E-state index in [2.05, 4.69) is 30.2 Å². The first-order valence-electron chi connectivity index (χ1n) is 6.45. The number of hydrogen-bond acceptors (Lipinski definition) is 2. The molecule has 0 spiro atoms. The van der Waals surface area contributed by atoms with Gasteiger partial charge in [0.2, 0.25) is 0 Å². The van der Waals surface area contributed by atoms with Crippen molar-refractivity contribution >= 4 is 17.3 Å². The molecule has 3 heteroatoms. The third-order valence-electron chi connectivity index (χ3n) is 3.82. The van der Waals surface area contributed by atoms with Crippen LogP contribution in [0.15, 0.2) is 12.3 Å². The molecule has 1 fully saturated rings. The Bertz CT molecular complexity index is 392. The van der Waals surface area contributed by atoms with Gasteiger partial charge >= 0.3 is 0 Å². The van der Waals surface area contributed by atoms with Crippen LogP contribution >= 0.6 is 11.6 Å². The van der Waals surface area contributed by atoms with Gasteiger partial charge in [-0.05, 0) is 43.2 Å². The van der Waals surface area contributed by atoms with Crippen LogP contribution in [0.3, 0.4) is 0 Å². The highest BCUT2D eigenvalue weighted by Gasteiger charge is 2.25. The first-order valence-corrected chi connectivity index (χ1v) is 6.82. The number of nitrogens with zero attached hydrogens (tertiary/aromatic N) is 1. The van der Waals surface area contributed by atoms with E-state index in [4.69, 9.17) is 11.6 Å². The molecule has 1 N–H and O–H groups in total. The number of halogens is 1. The summed E-state index contributed by atoms with van der Waals surface area (Å²) >= 11 is 5.94. The minimum absolute atomic E-state index is 0.570. The van der Waals surface area contributed by atoms with Crippen molar-refractivity contribution < 1.29 is 0 Å². The van der Waals surface area contributed by atoms with Crippen LogP contribution in [0.5, 0.6) is 0 Å². The average molecular weight is 253 g/mol. The summed E-state index contributed by atoms with van der Waals surface area (Å²) in [4.78, 5) is 4.19. The average Bonchev–Trinajstić information content (AvgIpc) is 2.29. The fraction of sp³-hybridized carbons (Fsp3) is 0.643. The van der Waals surface area contributed by atoms with E-state index in [1.807, 2.05) is 13.1 Å². The lowest BCUT2D eigenvalue weighted by molar-refractivity contribution is 0.280. The van der Waals surface area contributed by atoms with Crippen molar-refractivity contribution in [2.75, 3.05) is 5.32 Å². The first-order chi connectivity index (χ1) is 8.06. The molecule has 1 saturated carbocycles. The van der Waals surface area contributed by atoms with Crippen LogP contribution in [-0.2, 0) is 0 Å². The van der Waals surface area contributed by atoms with Crippen LogP contribution in [0, 0.1) is 18.8 Å². The number of hydrogen-bond donors (Lipinski definition) is 1. The van der Waals surface area contributed by atoms with Gasteiger partial charge in [-0.2, -0.15) is 0 Å². The SMILES string of the molecule is Cc1cc(NC2CC(C)CCC2C)cnc1Cl. The van der Waals surface area contributed by atoms with E-state index >= 15 is 0 Å². The van der Waals surface area contributed by atoms with Gasteiger partial charge in [-0.3, -0.25) is 0 Å². The zero-order chi connectivity index (χ0) is 12.4. The summed E-state index contributed by atoms with van der Waals surface area (Å²) in [5.41, 5.74) is 2.13. The van der Waals surface area contributed by atoms with Crippen molar-refractivity contribution in [3.8, 4) is 0 Å². The van der Waals surface area contributed by atoms with Crippen molar-refractivity contribution in [2.45, 2.75) is 46.1 Å². The number of aryl methyl sites for hydroxylation is 1. The van der Waals surface area contributed by atoms with Crippen LogP contribution in [-0.4, -0.2) is 11.0 Å². The van der Waals surface area contributed by atoms with Crippen LogP contribution in [0.25, 0.3) is 0 Å². The van der Waals surface area contributed by atoms with Crippen LogP contribution in [0.1, 0.15) is 38.7 Å². The molecule has 17 heavy (non-hydrogen) atoms. The van der Waals surface area contributed by atoms with E-state index < -0.39 is 0 Å². The molecule has 2 rings (SSSR count). The largest absolute Gasteiger partial charge is 0.381 e. The Kier molecular flexibility index (Phi) is 3.93. The molecular weight excluding hydrogens is 232 g/mol. The lowest BCUT2D eigenvalue weighted by atomic mass is 9.80. The fourth-order valence-electron chi connectivity index (χ4n) is 2.58. The summed E-state index contributed by atoms with van der Waals surface area (Å²) in [5, 5.41) is 4.21. The molecule has 1 aromatic rings. The summed E-state index contributed by atoms with van der Waals surface area (Å²) in [6.07, 6.45) is 5.76. The molecule has 1 heterocycles. The molecule has 1 aromatic heterocycles. The van der Waals surface area contributed by atoms with Gasteiger partial charge < -0.3 is 5.32 Å². The molecule has 0 radical (unpaired) electrons. The Hall–Kier alpha value is -0.760. The second-order valence-corrected chi connectivity index (χ2v) is 5.84. The van der Waals surface area contributed by atoms with Gasteiger partial charge in [0.05, 0.1) is 11.9 Å². The third-order valence-corrected chi connectivity index (χ3v) is 4.22. The lowest BCUT2D eigenvalue weighted by Gasteiger charge is -2.34. The molecule has 3 atom stereocenters. The van der Waals surface area contributed by atoms with Crippen molar-refractivity contribution in [3.05, 3.63) is 23.0 Å². The second kappa shape index (κ2) is 5.26. The van der Waals surface area contributed by atoms with Gasteiger partial charge in [-0.25, -0.2) is 4.98 Å². The Morgan fingerprint density at radius 1 is 1.35 bits per heavy atom. The summed E-state index contributed by atoms with van der Waals surface area (Å²) < 4.78 is 0. The third kappa shape index (κ3) is 3.12. The van der Waals surface area contributed by atoms with E-state index in [0.29, 0.717) is 11.2 Å². The van der Waals surface area contributed by atoms with E-state index in [1.165, 1.54) is 19.3 Å². The Morgan fingerprint density at radius 3 is 2.82 bits per heavy atom. The summed E-state index contributed by atoms with van der Waals surface area (Å²) in [6, 6.07) is 2.66. The van der Waals surface area contributed by atoms with Gasteiger partial charge in [-0.15, -0.1) is 0 Å². The summed E-state index contributed by atoms with van der Waals surface area (Å²) in [7, 11) is 0. The number of nitrogens with one attached hydrogen (secondary N) is 1. The minimum atomic E-state index is 0.570. The molecule has 0 amide bonds. The maximum Gasteiger partial charge on any atom is 0.132 e. The van der Waals surface area contributed by atoms with Crippen molar-refractivity contribution in [1.82, 2.24) is 4.98 Å². The van der Waals surface area contributed by atoms with Crippen LogP contribution in [0.2, 0.25) is 5.15 Å². The van der Waals surface area contributed by atoms with Crippen molar-refractivity contribution in [1.29, 1.82) is 0 Å². The molecule has 0 aliphatic heterocycles. The molecule has 0 bridgehead atoms. The number of rotatable bonds is 2. The van der Waals surface area contributed by atoms with E-state index in [-0.39, 0.29) is 0 Å². The predicted molar refractivity (Wildman–Crippen MR) is 73.6 cm³/mol. The molecule has 1 aliphatic carbocycles. The van der Waals surface area contributed by atoms with Crippen LogP contribution in [0.4, 0.5) is 5.69 Å². The van der Waals surface area contributed by atoms with E-state index in [1.54, 1.807) is 0 Å². The highest BCUT2D eigenvalue weighted by Crippen LogP contribution is 2.30. The van der Waals surface area contributed by atoms with Gasteiger partial charge in [-0.1, -0.05) is 31.9 Å². The van der Waals surface area contributed by atoms with Gasteiger partial charge in [0.15, 0.2) is 0 Å². The van der Waals surface area contributed by atoms with E-state index in [0.717, 1.165) is 23.1 Å².